The van der Waals surface area contributed by atoms with E-state index in [1.54, 1.807) is 0 Å². The zero-order valence-electron chi connectivity index (χ0n) is 12.7. The maximum atomic E-state index is 12.0. The van der Waals surface area contributed by atoms with Crippen molar-refractivity contribution in [1.82, 2.24) is 15.1 Å². The molecular weight excluding hydrogens is 270 g/mol. The summed E-state index contributed by atoms with van der Waals surface area (Å²) in [6.07, 6.45) is 6.45. The monoisotopic (exact) mass is 297 g/mol. The van der Waals surface area contributed by atoms with Crippen molar-refractivity contribution in [3.63, 3.8) is 0 Å². The molecule has 2 rings (SSSR count). The predicted molar refractivity (Wildman–Crippen MR) is 80.3 cm³/mol. The molecule has 0 aromatic heterocycles. The second-order valence-corrected chi connectivity index (χ2v) is 6.04. The van der Waals surface area contributed by atoms with Gasteiger partial charge in [0.25, 0.3) is 0 Å². The van der Waals surface area contributed by atoms with Crippen molar-refractivity contribution in [2.24, 2.45) is 0 Å². The Morgan fingerprint density at radius 3 is 2.29 bits per heavy atom. The third-order valence-electron chi connectivity index (χ3n) is 4.26. The van der Waals surface area contributed by atoms with E-state index in [0.29, 0.717) is 6.54 Å². The van der Waals surface area contributed by atoms with E-state index in [1.165, 1.54) is 12.8 Å². The van der Waals surface area contributed by atoms with Crippen LogP contribution in [0.4, 0.5) is 4.79 Å². The molecule has 1 heterocycles. The summed E-state index contributed by atoms with van der Waals surface area (Å²) in [5.74, 6) is -0.728. The van der Waals surface area contributed by atoms with Gasteiger partial charge in [0.2, 0.25) is 0 Å². The fraction of sp³-hybridized carbons (Fsp3) is 0.867. The summed E-state index contributed by atoms with van der Waals surface area (Å²) in [5.41, 5.74) is 0. The highest BCUT2D eigenvalue weighted by Crippen LogP contribution is 2.27. The Kier molecular flexibility index (Phi) is 6.29. The molecule has 1 saturated carbocycles. The van der Waals surface area contributed by atoms with Crippen LogP contribution in [0.25, 0.3) is 0 Å². The number of hydrogen-bond acceptors (Lipinski definition) is 3. The highest BCUT2D eigenvalue weighted by molar-refractivity contribution is 5.74. The molecular formula is C15H27N3O3. The molecule has 6 nitrogen and oxygen atoms in total. The van der Waals surface area contributed by atoms with E-state index < -0.39 is 5.97 Å². The number of unbranched alkanes of at least 4 members (excludes halogenated alkanes) is 3. The van der Waals surface area contributed by atoms with Crippen molar-refractivity contribution in [2.45, 2.75) is 51.0 Å². The standard InChI is InChI=1S/C15H27N3O3/c19-14(20)5-3-1-2-4-8-16-15(21)18-11-9-17(10-12-18)13-6-7-13/h13H,1-12H2,(H,16,21)(H,19,20). The third kappa shape index (κ3) is 5.91. The number of nitrogens with zero attached hydrogens (tertiary/aromatic N) is 2. The second-order valence-electron chi connectivity index (χ2n) is 6.04. The Morgan fingerprint density at radius 2 is 1.67 bits per heavy atom. The first-order valence-electron chi connectivity index (χ1n) is 8.15. The highest BCUT2D eigenvalue weighted by atomic mass is 16.4. The number of carboxylic acids is 1. The largest absolute Gasteiger partial charge is 0.481 e. The minimum atomic E-state index is -0.728. The number of carbonyl (C=O) groups excluding carboxylic acids is 1. The van der Waals surface area contributed by atoms with Crippen LogP contribution in [0, 0.1) is 0 Å². The Labute approximate surface area is 126 Å². The van der Waals surface area contributed by atoms with Gasteiger partial charge in [0, 0.05) is 45.2 Å². The molecule has 2 N–H and O–H groups in total. The number of hydrogen-bond donors (Lipinski definition) is 2. The van der Waals surface area contributed by atoms with Crippen molar-refractivity contribution in [1.29, 1.82) is 0 Å². The van der Waals surface area contributed by atoms with Crippen molar-refractivity contribution in [3.05, 3.63) is 0 Å². The van der Waals surface area contributed by atoms with Gasteiger partial charge >= 0.3 is 12.0 Å². The number of piperazine rings is 1. The zero-order chi connectivity index (χ0) is 15.1. The lowest BCUT2D eigenvalue weighted by Gasteiger charge is -2.34. The van der Waals surface area contributed by atoms with E-state index in [9.17, 15) is 9.59 Å². The van der Waals surface area contributed by atoms with Crippen LogP contribution in [0.1, 0.15) is 44.9 Å². The molecule has 0 atom stereocenters. The van der Waals surface area contributed by atoms with E-state index in [1.807, 2.05) is 4.90 Å². The van der Waals surface area contributed by atoms with Gasteiger partial charge in [-0.15, -0.1) is 0 Å². The van der Waals surface area contributed by atoms with Gasteiger partial charge in [-0.2, -0.15) is 0 Å². The molecule has 2 amide bonds. The lowest BCUT2D eigenvalue weighted by Crippen LogP contribution is -2.52. The van der Waals surface area contributed by atoms with Gasteiger partial charge in [-0.3, -0.25) is 9.69 Å². The number of nitrogens with one attached hydrogen (secondary N) is 1. The van der Waals surface area contributed by atoms with E-state index >= 15 is 0 Å². The number of aliphatic carboxylic acids is 1. The summed E-state index contributed by atoms with van der Waals surface area (Å²) in [6.45, 7) is 4.37. The van der Waals surface area contributed by atoms with E-state index in [2.05, 4.69) is 10.2 Å². The van der Waals surface area contributed by atoms with Gasteiger partial charge in [-0.1, -0.05) is 12.8 Å². The molecule has 1 saturated heterocycles. The zero-order valence-corrected chi connectivity index (χ0v) is 12.7. The number of amides is 2. The fourth-order valence-corrected chi connectivity index (χ4v) is 2.79. The number of carbonyl (C=O) groups is 2. The average Bonchev–Trinajstić information content (AvgIpc) is 3.30. The molecule has 2 fully saturated rings. The molecule has 0 unspecified atom stereocenters. The maximum absolute atomic E-state index is 12.0. The first kappa shape index (κ1) is 16.1. The Balaban J connectivity index is 1.47. The molecule has 0 spiro atoms. The van der Waals surface area contributed by atoms with Gasteiger partial charge in [-0.05, 0) is 25.7 Å². The molecule has 2 aliphatic rings. The molecule has 0 aromatic rings. The van der Waals surface area contributed by atoms with E-state index in [4.69, 9.17) is 5.11 Å². The van der Waals surface area contributed by atoms with Crippen molar-refractivity contribution in [2.75, 3.05) is 32.7 Å². The Bertz CT molecular complexity index is 350. The highest BCUT2D eigenvalue weighted by Gasteiger charge is 2.32. The molecule has 6 heteroatoms. The van der Waals surface area contributed by atoms with Crippen molar-refractivity contribution >= 4 is 12.0 Å². The van der Waals surface area contributed by atoms with Crippen LogP contribution < -0.4 is 5.32 Å². The Hall–Kier alpha value is -1.30. The molecule has 1 aliphatic carbocycles. The SMILES string of the molecule is O=C(O)CCCCCCNC(=O)N1CCN(C2CC2)CC1. The van der Waals surface area contributed by atoms with Crippen LogP contribution >= 0.6 is 0 Å². The molecule has 0 radical (unpaired) electrons. The topological polar surface area (TPSA) is 72.9 Å². The van der Waals surface area contributed by atoms with Crippen LogP contribution in [0.2, 0.25) is 0 Å². The quantitative estimate of drug-likeness (QED) is 0.666. The first-order valence-corrected chi connectivity index (χ1v) is 8.15. The third-order valence-corrected chi connectivity index (χ3v) is 4.26. The lowest BCUT2D eigenvalue weighted by atomic mass is 10.1. The lowest BCUT2D eigenvalue weighted by molar-refractivity contribution is -0.137. The summed E-state index contributed by atoms with van der Waals surface area (Å²) >= 11 is 0. The minimum Gasteiger partial charge on any atom is -0.481 e. The molecule has 0 bridgehead atoms. The minimum absolute atomic E-state index is 0.0518. The molecule has 0 aromatic carbocycles. The smallest absolute Gasteiger partial charge is 0.317 e. The van der Waals surface area contributed by atoms with Crippen LogP contribution in [0.3, 0.4) is 0 Å². The summed E-state index contributed by atoms with van der Waals surface area (Å²) in [7, 11) is 0. The van der Waals surface area contributed by atoms with Crippen LogP contribution in [-0.2, 0) is 4.79 Å². The number of rotatable bonds is 8. The number of urea groups is 1. The van der Waals surface area contributed by atoms with Gasteiger partial charge in [0.15, 0.2) is 0 Å². The molecule has 21 heavy (non-hydrogen) atoms. The molecule has 1 aliphatic heterocycles. The van der Waals surface area contributed by atoms with Crippen molar-refractivity contribution < 1.29 is 14.7 Å². The molecule has 120 valence electrons. The fourth-order valence-electron chi connectivity index (χ4n) is 2.79. The predicted octanol–water partition coefficient (Wildman–Crippen LogP) is 1.51. The summed E-state index contributed by atoms with van der Waals surface area (Å²) in [6, 6.07) is 0.844. The number of carboxylic acid groups (broad SMARTS) is 1. The van der Waals surface area contributed by atoms with E-state index in [-0.39, 0.29) is 12.5 Å². The van der Waals surface area contributed by atoms with E-state index in [0.717, 1.165) is 57.9 Å². The normalized spacial score (nSPS) is 19.5. The summed E-state index contributed by atoms with van der Waals surface area (Å²) < 4.78 is 0. The summed E-state index contributed by atoms with van der Waals surface area (Å²) in [5, 5.41) is 11.5. The van der Waals surface area contributed by atoms with Gasteiger partial charge in [0.05, 0.1) is 0 Å². The maximum Gasteiger partial charge on any atom is 0.317 e. The first-order chi connectivity index (χ1) is 10.2. The van der Waals surface area contributed by atoms with Crippen molar-refractivity contribution in [3.8, 4) is 0 Å². The summed E-state index contributed by atoms with van der Waals surface area (Å²) in [4.78, 5) is 26.7. The average molecular weight is 297 g/mol. The van der Waals surface area contributed by atoms with Crippen LogP contribution in [-0.4, -0.2) is 65.7 Å². The Morgan fingerprint density at radius 1 is 1.00 bits per heavy atom. The van der Waals surface area contributed by atoms with Crippen LogP contribution in [0.5, 0.6) is 0 Å². The van der Waals surface area contributed by atoms with Gasteiger partial charge < -0.3 is 15.3 Å². The second kappa shape index (κ2) is 8.22. The van der Waals surface area contributed by atoms with Gasteiger partial charge in [-0.25, -0.2) is 4.79 Å². The van der Waals surface area contributed by atoms with Gasteiger partial charge in [0.1, 0.15) is 0 Å². The van der Waals surface area contributed by atoms with Crippen LogP contribution in [0.15, 0.2) is 0 Å².